The molecule has 0 aliphatic carbocycles. The molecule has 1 aromatic heterocycles. The molecule has 8 nitrogen and oxygen atoms in total. The molecule has 0 radical (unpaired) electrons. The van der Waals surface area contributed by atoms with Gasteiger partial charge < -0.3 is 5.32 Å². The Labute approximate surface area is 175 Å². The van der Waals surface area contributed by atoms with Crippen LogP contribution in [0.2, 0.25) is 0 Å². The summed E-state index contributed by atoms with van der Waals surface area (Å²) in [7, 11) is -0.725. The number of amides is 1. The van der Waals surface area contributed by atoms with Gasteiger partial charge in [-0.25, -0.2) is 17.5 Å². The number of aromatic nitrogens is 2. The average Bonchev–Trinajstić information content (AvgIpc) is 2.95. The van der Waals surface area contributed by atoms with Crippen LogP contribution in [0.5, 0.6) is 0 Å². The van der Waals surface area contributed by atoms with Crippen molar-refractivity contribution in [3.05, 3.63) is 58.5 Å². The standard InChI is InChI=1S/C21H26N4O4S/c1-5-12-24-18-8-6-7-9-19(18)25(21(24)27)14-20(26)22-17-13-16(11-10-15(17)2)30(28,29)23(3)4/h6-11,13H,5,12,14H2,1-4H3,(H,22,26). The molecular weight excluding hydrogens is 404 g/mol. The van der Waals surface area contributed by atoms with Crippen LogP contribution in [0.3, 0.4) is 0 Å². The summed E-state index contributed by atoms with van der Waals surface area (Å²) in [6, 6.07) is 11.9. The van der Waals surface area contributed by atoms with Crippen LogP contribution in [0, 0.1) is 6.92 Å². The molecule has 3 aromatic rings. The summed E-state index contributed by atoms with van der Waals surface area (Å²) in [6.45, 7) is 4.17. The van der Waals surface area contributed by atoms with Gasteiger partial charge in [0.2, 0.25) is 15.9 Å². The van der Waals surface area contributed by atoms with Crippen LogP contribution in [0.1, 0.15) is 18.9 Å². The lowest BCUT2D eigenvalue weighted by Gasteiger charge is -2.14. The van der Waals surface area contributed by atoms with E-state index >= 15 is 0 Å². The molecule has 0 atom stereocenters. The molecule has 3 rings (SSSR count). The van der Waals surface area contributed by atoms with Crippen molar-refractivity contribution in [1.29, 1.82) is 0 Å². The van der Waals surface area contributed by atoms with Gasteiger partial charge in [0.15, 0.2) is 0 Å². The smallest absolute Gasteiger partial charge is 0.324 e. The Morgan fingerprint density at radius 3 is 2.30 bits per heavy atom. The van der Waals surface area contributed by atoms with Crippen LogP contribution >= 0.6 is 0 Å². The Morgan fingerprint density at radius 1 is 1.07 bits per heavy atom. The molecule has 1 N–H and O–H groups in total. The van der Waals surface area contributed by atoms with E-state index < -0.39 is 15.9 Å². The Hall–Kier alpha value is -2.91. The maximum Gasteiger partial charge on any atom is 0.329 e. The lowest BCUT2D eigenvalue weighted by Crippen LogP contribution is -2.29. The van der Waals surface area contributed by atoms with Gasteiger partial charge in [-0.05, 0) is 43.2 Å². The largest absolute Gasteiger partial charge is 0.329 e. The fraction of sp³-hybridized carbons (Fsp3) is 0.333. The van der Waals surface area contributed by atoms with Crippen LogP contribution in [-0.4, -0.2) is 41.9 Å². The number of rotatable bonds is 7. The molecule has 0 spiro atoms. The number of nitrogens with zero attached hydrogens (tertiary/aromatic N) is 3. The van der Waals surface area contributed by atoms with Crippen LogP contribution in [0.4, 0.5) is 5.69 Å². The van der Waals surface area contributed by atoms with E-state index in [1.54, 1.807) is 17.6 Å². The number of carbonyl (C=O) groups is 1. The van der Waals surface area contributed by atoms with Crippen LogP contribution < -0.4 is 11.0 Å². The Balaban J connectivity index is 1.92. The number of carbonyl (C=O) groups excluding carboxylic acids is 1. The highest BCUT2D eigenvalue weighted by molar-refractivity contribution is 7.89. The minimum Gasteiger partial charge on any atom is -0.324 e. The number of anilines is 1. The summed E-state index contributed by atoms with van der Waals surface area (Å²) in [6.07, 6.45) is 0.798. The van der Waals surface area contributed by atoms with Crippen molar-refractivity contribution in [2.24, 2.45) is 0 Å². The van der Waals surface area contributed by atoms with Crippen LogP contribution in [0.25, 0.3) is 11.0 Å². The van der Waals surface area contributed by atoms with E-state index in [9.17, 15) is 18.0 Å². The summed E-state index contributed by atoms with van der Waals surface area (Å²) < 4.78 is 29.0. The Kier molecular flexibility index (Phi) is 6.14. The number of benzene rings is 2. The van der Waals surface area contributed by atoms with Gasteiger partial charge in [0.05, 0.1) is 15.9 Å². The van der Waals surface area contributed by atoms with Crippen molar-refractivity contribution in [3.8, 4) is 0 Å². The number of imidazole rings is 1. The first-order chi connectivity index (χ1) is 14.2. The van der Waals surface area contributed by atoms with E-state index in [1.165, 1.54) is 30.8 Å². The molecule has 9 heteroatoms. The molecule has 0 bridgehead atoms. The highest BCUT2D eigenvalue weighted by Gasteiger charge is 2.19. The average molecular weight is 431 g/mol. The zero-order valence-corrected chi connectivity index (χ0v) is 18.4. The second-order valence-corrected chi connectivity index (χ2v) is 9.47. The Morgan fingerprint density at radius 2 is 1.70 bits per heavy atom. The lowest BCUT2D eigenvalue weighted by molar-refractivity contribution is -0.116. The molecule has 30 heavy (non-hydrogen) atoms. The summed E-state index contributed by atoms with van der Waals surface area (Å²) in [5.74, 6) is -0.404. The van der Waals surface area contributed by atoms with Gasteiger partial charge in [-0.2, -0.15) is 0 Å². The molecule has 0 saturated heterocycles. The number of hydrogen-bond donors (Lipinski definition) is 1. The molecule has 160 valence electrons. The fourth-order valence-electron chi connectivity index (χ4n) is 3.31. The van der Waals surface area contributed by atoms with Gasteiger partial charge in [-0.1, -0.05) is 25.1 Å². The lowest BCUT2D eigenvalue weighted by atomic mass is 10.2. The maximum atomic E-state index is 12.9. The van der Waals surface area contributed by atoms with Crippen LogP contribution in [0.15, 0.2) is 52.2 Å². The van der Waals surface area contributed by atoms with Gasteiger partial charge in [0.25, 0.3) is 0 Å². The molecule has 0 aliphatic heterocycles. The third-order valence-corrected chi connectivity index (χ3v) is 6.75. The van der Waals surface area contributed by atoms with Gasteiger partial charge >= 0.3 is 5.69 Å². The second kappa shape index (κ2) is 8.45. The quantitative estimate of drug-likeness (QED) is 0.623. The van der Waals surface area contributed by atoms with E-state index in [4.69, 9.17) is 0 Å². The minimum absolute atomic E-state index is 0.0881. The first-order valence-corrected chi connectivity index (χ1v) is 11.1. The summed E-state index contributed by atoms with van der Waals surface area (Å²) in [5.41, 5.74) is 2.35. The zero-order chi connectivity index (χ0) is 22.1. The normalized spacial score (nSPS) is 11.9. The van der Waals surface area contributed by atoms with Crippen molar-refractivity contribution in [2.75, 3.05) is 19.4 Å². The molecular formula is C21H26N4O4S. The maximum absolute atomic E-state index is 12.9. The van der Waals surface area contributed by atoms with E-state index in [0.717, 1.165) is 21.8 Å². The van der Waals surface area contributed by atoms with Gasteiger partial charge in [-0.15, -0.1) is 0 Å². The van der Waals surface area contributed by atoms with Crippen molar-refractivity contribution >= 4 is 32.7 Å². The molecule has 1 heterocycles. The number of aryl methyl sites for hydroxylation is 2. The number of sulfonamides is 1. The topological polar surface area (TPSA) is 93.4 Å². The van der Waals surface area contributed by atoms with E-state index in [0.29, 0.717) is 17.7 Å². The minimum atomic E-state index is -3.63. The first-order valence-electron chi connectivity index (χ1n) is 9.68. The summed E-state index contributed by atoms with van der Waals surface area (Å²) >= 11 is 0. The van der Waals surface area contributed by atoms with E-state index in [-0.39, 0.29) is 17.1 Å². The number of hydrogen-bond acceptors (Lipinski definition) is 4. The van der Waals surface area contributed by atoms with Crippen molar-refractivity contribution < 1.29 is 13.2 Å². The summed E-state index contributed by atoms with van der Waals surface area (Å²) in [5, 5.41) is 2.75. The molecule has 0 saturated carbocycles. The van der Waals surface area contributed by atoms with Gasteiger partial charge in [0, 0.05) is 26.3 Å². The molecule has 0 fully saturated rings. The predicted octanol–water partition coefficient (Wildman–Crippen LogP) is 2.41. The summed E-state index contributed by atoms with van der Waals surface area (Å²) in [4.78, 5) is 25.7. The van der Waals surface area contributed by atoms with Gasteiger partial charge in [0.1, 0.15) is 6.54 Å². The van der Waals surface area contributed by atoms with Crippen molar-refractivity contribution in [3.63, 3.8) is 0 Å². The second-order valence-electron chi connectivity index (χ2n) is 7.32. The fourth-order valence-corrected chi connectivity index (χ4v) is 4.23. The van der Waals surface area contributed by atoms with Crippen molar-refractivity contribution in [2.45, 2.75) is 38.3 Å². The third-order valence-electron chi connectivity index (χ3n) is 4.94. The third kappa shape index (κ3) is 4.03. The first kappa shape index (κ1) is 21.8. The monoisotopic (exact) mass is 430 g/mol. The van der Waals surface area contributed by atoms with E-state index in [2.05, 4.69) is 5.32 Å². The number of fused-ring (bicyclic) bond motifs is 1. The number of para-hydroxylation sites is 2. The van der Waals surface area contributed by atoms with Gasteiger partial charge in [-0.3, -0.25) is 13.9 Å². The van der Waals surface area contributed by atoms with E-state index in [1.807, 2.05) is 31.2 Å². The molecule has 0 aliphatic rings. The molecule has 1 amide bonds. The molecule has 0 unspecified atom stereocenters. The van der Waals surface area contributed by atoms with Crippen LogP contribution in [-0.2, 0) is 27.9 Å². The Bertz CT molecular complexity index is 1260. The van der Waals surface area contributed by atoms with Crippen molar-refractivity contribution in [1.82, 2.24) is 13.4 Å². The highest BCUT2D eigenvalue weighted by Crippen LogP contribution is 2.22. The molecule has 2 aromatic carbocycles. The predicted molar refractivity (Wildman–Crippen MR) is 117 cm³/mol. The highest BCUT2D eigenvalue weighted by atomic mass is 32.2. The zero-order valence-electron chi connectivity index (χ0n) is 17.5. The number of nitrogens with one attached hydrogen (secondary N) is 1. The SMILES string of the molecule is CCCn1c(=O)n(CC(=O)Nc2cc(S(=O)(=O)N(C)C)ccc2C)c2ccccc21.